The number of ether oxygens (including phenoxy) is 1. The molecule has 0 fully saturated rings. The van der Waals surface area contributed by atoms with Gasteiger partial charge < -0.3 is 14.9 Å². The average molecular weight is 285 g/mol. The first kappa shape index (κ1) is 15.1. The molecule has 0 spiro atoms. The Kier molecular flexibility index (Phi) is 5.94. The average Bonchev–Trinajstić information content (AvgIpc) is 2.86. The van der Waals surface area contributed by atoms with Crippen LogP contribution in [0.25, 0.3) is 0 Å². The summed E-state index contributed by atoms with van der Waals surface area (Å²) < 4.78 is 4.60. The standard InChI is InChI=1S/C11H15N3O4S/c1-4-8(15)13-11-12-7(6-19-11)9(10(16)17-3)14-18-5-2/h6H,4-5H2,1-3H3,(H,12,13,15). The molecule has 0 bridgehead atoms. The number of carbonyl (C=O) groups excluding carboxylic acids is 2. The van der Waals surface area contributed by atoms with Gasteiger partial charge in [0.15, 0.2) is 5.13 Å². The van der Waals surface area contributed by atoms with Gasteiger partial charge in [0.25, 0.3) is 0 Å². The first-order valence-corrected chi connectivity index (χ1v) is 6.54. The van der Waals surface area contributed by atoms with Crippen LogP contribution in [0.3, 0.4) is 0 Å². The monoisotopic (exact) mass is 285 g/mol. The molecule has 0 atom stereocenters. The summed E-state index contributed by atoms with van der Waals surface area (Å²) in [4.78, 5) is 31.7. The molecule has 1 N–H and O–H groups in total. The highest BCUT2D eigenvalue weighted by Crippen LogP contribution is 2.17. The molecule has 7 nitrogen and oxygen atoms in total. The Hall–Kier alpha value is -1.96. The maximum atomic E-state index is 11.6. The van der Waals surface area contributed by atoms with Crippen LogP contribution in [0.15, 0.2) is 10.5 Å². The molecule has 1 amide bonds. The van der Waals surface area contributed by atoms with E-state index in [4.69, 9.17) is 4.84 Å². The quantitative estimate of drug-likeness (QED) is 0.485. The number of methoxy groups -OCH3 is 1. The minimum Gasteiger partial charge on any atom is -0.464 e. The van der Waals surface area contributed by atoms with Crippen molar-refractivity contribution < 1.29 is 19.2 Å². The molecule has 0 unspecified atom stereocenters. The Morgan fingerprint density at radius 3 is 2.79 bits per heavy atom. The van der Waals surface area contributed by atoms with Gasteiger partial charge in [0.05, 0.1) is 7.11 Å². The Morgan fingerprint density at radius 1 is 1.47 bits per heavy atom. The fourth-order valence-corrected chi connectivity index (χ4v) is 1.77. The normalized spacial score (nSPS) is 11.0. The number of hydrogen-bond donors (Lipinski definition) is 1. The van der Waals surface area contributed by atoms with Crippen LogP contribution in [-0.4, -0.2) is 36.3 Å². The van der Waals surface area contributed by atoms with Crippen molar-refractivity contribution in [2.45, 2.75) is 20.3 Å². The molecule has 104 valence electrons. The zero-order valence-corrected chi connectivity index (χ0v) is 11.7. The van der Waals surface area contributed by atoms with E-state index in [1.54, 1.807) is 19.2 Å². The number of amides is 1. The van der Waals surface area contributed by atoms with Crippen LogP contribution in [0.2, 0.25) is 0 Å². The van der Waals surface area contributed by atoms with Crippen LogP contribution in [0.5, 0.6) is 0 Å². The topological polar surface area (TPSA) is 89.9 Å². The van der Waals surface area contributed by atoms with E-state index in [-0.39, 0.29) is 11.6 Å². The van der Waals surface area contributed by atoms with Crippen molar-refractivity contribution in [1.29, 1.82) is 0 Å². The summed E-state index contributed by atoms with van der Waals surface area (Å²) in [5, 5.41) is 8.27. The maximum absolute atomic E-state index is 11.6. The fraction of sp³-hybridized carbons (Fsp3) is 0.455. The third-order valence-electron chi connectivity index (χ3n) is 1.98. The Morgan fingerprint density at radius 2 is 2.21 bits per heavy atom. The van der Waals surface area contributed by atoms with Crippen LogP contribution in [0, 0.1) is 0 Å². The van der Waals surface area contributed by atoms with Crippen molar-refractivity contribution in [3.8, 4) is 0 Å². The van der Waals surface area contributed by atoms with Crippen LogP contribution in [-0.2, 0) is 19.2 Å². The summed E-state index contributed by atoms with van der Waals surface area (Å²) >= 11 is 1.20. The largest absolute Gasteiger partial charge is 0.464 e. The first-order valence-electron chi connectivity index (χ1n) is 5.66. The van der Waals surface area contributed by atoms with Crippen LogP contribution in [0.1, 0.15) is 26.0 Å². The first-order chi connectivity index (χ1) is 9.12. The number of anilines is 1. The van der Waals surface area contributed by atoms with Crippen molar-refractivity contribution >= 4 is 34.1 Å². The lowest BCUT2D eigenvalue weighted by atomic mass is 10.3. The summed E-state index contributed by atoms with van der Waals surface area (Å²) in [7, 11) is 1.25. The number of aromatic nitrogens is 1. The smallest absolute Gasteiger partial charge is 0.362 e. The number of rotatable bonds is 6. The maximum Gasteiger partial charge on any atom is 0.362 e. The summed E-state index contributed by atoms with van der Waals surface area (Å²) in [6.07, 6.45) is 0.353. The third kappa shape index (κ3) is 4.32. The number of nitrogens with one attached hydrogen (secondary N) is 1. The summed E-state index contributed by atoms with van der Waals surface area (Å²) in [5.74, 6) is -0.797. The number of hydrogen-bond acceptors (Lipinski definition) is 7. The van der Waals surface area contributed by atoms with Crippen molar-refractivity contribution in [3.63, 3.8) is 0 Å². The number of carbonyl (C=O) groups is 2. The van der Waals surface area contributed by atoms with Gasteiger partial charge in [-0.25, -0.2) is 9.78 Å². The highest BCUT2D eigenvalue weighted by atomic mass is 32.1. The Bertz CT molecular complexity index is 484. The van der Waals surface area contributed by atoms with Gasteiger partial charge in [-0.1, -0.05) is 12.1 Å². The minimum atomic E-state index is -0.646. The van der Waals surface area contributed by atoms with Crippen LogP contribution >= 0.6 is 11.3 Å². The summed E-state index contributed by atoms with van der Waals surface area (Å²) in [6, 6.07) is 0. The molecule has 19 heavy (non-hydrogen) atoms. The zero-order chi connectivity index (χ0) is 14.3. The number of thiazole rings is 1. The molecule has 0 aliphatic rings. The van der Waals surface area contributed by atoms with E-state index >= 15 is 0 Å². The van der Waals surface area contributed by atoms with E-state index in [1.807, 2.05) is 0 Å². The van der Waals surface area contributed by atoms with E-state index < -0.39 is 5.97 Å². The second-order valence-electron chi connectivity index (χ2n) is 3.29. The summed E-state index contributed by atoms with van der Waals surface area (Å²) in [6.45, 7) is 3.80. The SMILES string of the molecule is CCON=C(C(=O)OC)c1csc(NC(=O)CC)n1. The van der Waals surface area contributed by atoms with Gasteiger partial charge in [-0.3, -0.25) is 4.79 Å². The van der Waals surface area contributed by atoms with Gasteiger partial charge in [0.1, 0.15) is 12.3 Å². The second-order valence-corrected chi connectivity index (χ2v) is 4.15. The molecule has 0 saturated heterocycles. The molecular formula is C11H15N3O4S. The lowest BCUT2D eigenvalue weighted by molar-refractivity contribution is -0.132. The van der Waals surface area contributed by atoms with Crippen LogP contribution < -0.4 is 5.32 Å². The fourth-order valence-electron chi connectivity index (χ4n) is 1.06. The molecular weight excluding hydrogens is 270 g/mol. The molecule has 1 rings (SSSR count). The lowest BCUT2D eigenvalue weighted by Crippen LogP contribution is -2.18. The molecule has 0 aliphatic heterocycles. The van der Waals surface area contributed by atoms with E-state index in [0.717, 1.165) is 0 Å². The molecule has 1 aromatic rings. The van der Waals surface area contributed by atoms with E-state index in [9.17, 15) is 9.59 Å². The molecule has 0 aliphatic carbocycles. The number of nitrogens with zero attached hydrogens (tertiary/aromatic N) is 2. The van der Waals surface area contributed by atoms with Crippen LogP contribution in [0.4, 0.5) is 5.13 Å². The molecule has 0 radical (unpaired) electrons. The van der Waals surface area contributed by atoms with Gasteiger partial charge in [-0.15, -0.1) is 11.3 Å². The van der Waals surface area contributed by atoms with Crippen molar-refractivity contribution in [1.82, 2.24) is 4.98 Å². The van der Waals surface area contributed by atoms with Crippen molar-refractivity contribution in [2.24, 2.45) is 5.16 Å². The highest BCUT2D eigenvalue weighted by molar-refractivity contribution is 7.14. The van der Waals surface area contributed by atoms with E-state index in [1.165, 1.54) is 18.4 Å². The molecule has 1 heterocycles. The van der Waals surface area contributed by atoms with Gasteiger partial charge in [-0.05, 0) is 6.92 Å². The predicted molar refractivity (Wildman–Crippen MR) is 71.2 cm³/mol. The van der Waals surface area contributed by atoms with Gasteiger partial charge >= 0.3 is 5.97 Å². The molecule has 8 heteroatoms. The van der Waals surface area contributed by atoms with Gasteiger partial charge in [0.2, 0.25) is 11.6 Å². The number of esters is 1. The van der Waals surface area contributed by atoms with Gasteiger partial charge in [-0.2, -0.15) is 0 Å². The highest BCUT2D eigenvalue weighted by Gasteiger charge is 2.19. The van der Waals surface area contributed by atoms with Crippen molar-refractivity contribution in [2.75, 3.05) is 19.0 Å². The summed E-state index contributed by atoms with van der Waals surface area (Å²) in [5.41, 5.74) is 0.273. The third-order valence-corrected chi connectivity index (χ3v) is 2.74. The molecule has 1 aromatic heterocycles. The molecule has 0 saturated carbocycles. The Balaban J connectivity index is 2.92. The minimum absolute atomic E-state index is 0.0300. The zero-order valence-electron chi connectivity index (χ0n) is 10.9. The van der Waals surface area contributed by atoms with E-state index in [2.05, 4.69) is 20.2 Å². The predicted octanol–water partition coefficient (Wildman–Crippen LogP) is 1.41. The van der Waals surface area contributed by atoms with Crippen molar-refractivity contribution in [3.05, 3.63) is 11.1 Å². The Labute approximate surface area is 114 Å². The van der Waals surface area contributed by atoms with Gasteiger partial charge in [0, 0.05) is 11.8 Å². The lowest BCUT2D eigenvalue weighted by Gasteiger charge is -2.01. The van der Waals surface area contributed by atoms with E-state index in [0.29, 0.717) is 23.9 Å². The number of oxime groups is 1. The second kappa shape index (κ2) is 7.47. The molecule has 0 aromatic carbocycles.